The summed E-state index contributed by atoms with van der Waals surface area (Å²) >= 11 is 6.07. The Morgan fingerprint density at radius 2 is 1.74 bits per heavy atom. The van der Waals surface area contributed by atoms with Gasteiger partial charge in [-0.3, -0.25) is 9.59 Å². The highest BCUT2D eigenvalue weighted by Crippen LogP contribution is 2.40. The lowest BCUT2D eigenvalue weighted by atomic mass is 9.94. The Morgan fingerprint density at radius 3 is 2.37 bits per heavy atom. The molecule has 1 aliphatic heterocycles. The summed E-state index contributed by atoms with van der Waals surface area (Å²) in [5, 5.41) is 11.8. The van der Waals surface area contributed by atoms with Gasteiger partial charge in [0.25, 0.3) is 11.7 Å². The number of aryl methyl sites for hydroxylation is 1. The highest BCUT2D eigenvalue weighted by molar-refractivity contribution is 6.46. The average Bonchev–Trinajstić information content (AvgIpc) is 3.10. The second-order valence-corrected chi connectivity index (χ2v) is 8.77. The number of carbonyl (C=O) groups excluding carboxylic acids is 2. The Bertz CT molecular complexity index is 1290. The molecule has 1 amide bonds. The van der Waals surface area contributed by atoms with Gasteiger partial charge in [-0.25, -0.2) is 4.39 Å². The molecule has 1 heterocycles. The molecule has 0 bridgehead atoms. The molecule has 0 aliphatic carbocycles. The van der Waals surface area contributed by atoms with Crippen molar-refractivity contribution >= 4 is 29.1 Å². The summed E-state index contributed by atoms with van der Waals surface area (Å²) in [7, 11) is 0. The maximum Gasteiger partial charge on any atom is 0.295 e. The molecule has 35 heavy (non-hydrogen) atoms. The average molecular weight is 494 g/mol. The first-order valence-electron chi connectivity index (χ1n) is 11.3. The number of ketones is 1. The number of hydrogen-bond acceptors (Lipinski definition) is 4. The van der Waals surface area contributed by atoms with Gasteiger partial charge in [0.15, 0.2) is 0 Å². The molecule has 1 atom stereocenters. The van der Waals surface area contributed by atoms with Crippen molar-refractivity contribution in [2.75, 3.05) is 13.2 Å². The van der Waals surface area contributed by atoms with Crippen molar-refractivity contribution in [1.82, 2.24) is 4.90 Å². The Balaban J connectivity index is 1.76. The number of ether oxygens (including phenoxy) is 1. The lowest BCUT2D eigenvalue weighted by molar-refractivity contribution is -0.139. The van der Waals surface area contributed by atoms with Crippen molar-refractivity contribution in [2.24, 2.45) is 0 Å². The number of carbonyl (C=O) groups is 2. The van der Waals surface area contributed by atoms with Gasteiger partial charge in [0.05, 0.1) is 18.2 Å². The first-order valence-corrected chi connectivity index (χ1v) is 11.7. The molecule has 1 unspecified atom stereocenters. The Labute approximate surface area is 208 Å². The first kappa shape index (κ1) is 24.5. The van der Waals surface area contributed by atoms with Crippen molar-refractivity contribution in [3.05, 3.63) is 105 Å². The minimum Gasteiger partial charge on any atom is -0.507 e. The zero-order valence-corrected chi connectivity index (χ0v) is 20.2. The normalized spacial score (nSPS) is 17.1. The molecule has 180 valence electrons. The zero-order chi connectivity index (χ0) is 25.1. The van der Waals surface area contributed by atoms with Gasteiger partial charge in [0.1, 0.15) is 17.3 Å². The van der Waals surface area contributed by atoms with E-state index in [1.165, 1.54) is 17.0 Å². The second-order valence-electron chi connectivity index (χ2n) is 8.33. The second kappa shape index (κ2) is 10.3. The van der Waals surface area contributed by atoms with Crippen LogP contribution < -0.4 is 4.74 Å². The van der Waals surface area contributed by atoms with Crippen LogP contribution in [0.5, 0.6) is 5.75 Å². The fourth-order valence-corrected chi connectivity index (χ4v) is 4.40. The number of nitrogens with zero attached hydrogens (tertiary/aromatic N) is 1. The van der Waals surface area contributed by atoms with E-state index < -0.39 is 17.7 Å². The molecule has 0 spiro atoms. The third-order valence-corrected chi connectivity index (χ3v) is 6.28. The number of aliphatic hydroxyl groups is 1. The number of rotatable bonds is 7. The van der Waals surface area contributed by atoms with Gasteiger partial charge in [-0.1, -0.05) is 35.9 Å². The van der Waals surface area contributed by atoms with E-state index in [0.29, 0.717) is 34.9 Å². The van der Waals surface area contributed by atoms with E-state index in [0.717, 1.165) is 11.1 Å². The van der Waals surface area contributed by atoms with Crippen LogP contribution in [-0.2, 0) is 16.0 Å². The van der Waals surface area contributed by atoms with Gasteiger partial charge in [-0.2, -0.15) is 0 Å². The van der Waals surface area contributed by atoms with Gasteiger partial charge < -0.3 is 14.7 Å². The Kier molecular flexibility index (Phi) is 7.22. The predicted octanol–water partition coefficient (Wildman–Crippen LogP) is 5.85. The van der Waals surface area contributed by atoms with E-state index in [9.17, 15) is 19.1 Å². The number of halogens is 2. The number of amides is 1. The maximum absolute atomic E-state index is 13.3. The highest BCUT2D eigenvalue weighted by Gasteiger charge is 2.45. The molecule has 3 aromatic carbocycles. The molecular weight excluding hydrogens is 469 g/mol. The third kappa shape index (κ3) is 5.08. The molecule has 0 saturated carbocycles. The fraction of sp³-hybridized carbons (Fsp3) is 0.214. The minimum atomic E-state index is -0.792. The van der Waals surface area contributed by atoms with Crippen molar-refractivity contribution in [3.8, 4) is 5.75 Å². The summed E-state index contributed by atoms with van der Waals surface area (Å²) in [5.74, 6) is -1.37. The van der Waals surface area contributed by atoms with Crippen LogP contribution in [0.1, 0.15) is 35.2 Å². The summed E-state index contributed by atoms with van der Waals surface area (Å²) in [6.45, 7) is 4.44. The Hall–Kier alpha value is -3.64. The monoisotopic (exact) mass is 493 g/mol. The van der Waals surface area contributed by atoms with Crippen LogP contribution in [0.2, 0.25) is 5.02 Å². The van der Waals surface area contributed by atoms with Crippen LogP contribution in [0.3, 0.4) is 0 Å². The Morgan fingerprint density at radius 1 is 1.06 bits per heavy atom. The number of likely N-dealkylation sites (tertiary alicyclic amines) is 1. The zero-order valence-electron chi connectivity index (χ0n) is 19.4. The standard InChI is InChI=1S/C28H25ClFNO4/c1-3-35-23-13-8-20(16-17(23)2)26(32)24-25(19-6-9-21(29)10-7-19)31(28(34)27(24)33)15-14-18-4-11-22(30)12-5-18/h4-13,16,25,32H,3,14-15H2,1-2H3/b26-24-. The highest BCUT2D eigenvalue weighted by atomic mass is 35.5. The first-order chi connectivity index (χ1) is 16.8. The van der Waals surface area contributed by atoms with E-state index >= 15 is 0 Å². The SMILES string of the molecule is CCOc1ccc(/C(O)=C2/C(=O)C(=O)N(CCc3ccc(F)cc3)C2c2ccc(Cl)cc2)cc1C. The number of aliphatic hydroxyl groups excluding tert-OH is 1. The quantitative estimate of drug-likeness (QED) is 0.255. The van der Waals surface area contributed by atoms with Crippen molar-refractivity contribution in [1.29, 1.82) is 0 Å². The summed E-state index contributed by atoms with van der Waals surface area (Å²) in [6.07, 6.45) is 0.416. The summed E-state index contributed by atoms with van der Waals surface area (Å²) in [4.78, 5) is 27.7. The van der Waals surface area contributed by atoms with Gasteiger partial charge in [0, 0.05) is 17.1 Å². The molecule has 4 rings (SSSR count). The van der Waals surface area contributed by atoms with E-state index in [4.69, 9.17) is 16.3 Å². The number of Topliss-reactive ketones (excluding diaryl/α,β-unsaturated/α-hetero) is 1. The number of benzene rings is 3. The summed E-state index contributed by atoms with van der Waals surface area (Å²) in [6, 6.07) is 17.2. The van der Waals surface area contributed by atoms with E-state index in [-0.39, 0.29) is 23.7 Å². The van der Waals surface area contributed by atoms with Crippen molar-refractivity contribution in [3.63, 3.8) is 0 Å². The largest absolute Gasteiger partial charge is 0.507 e. The van der Waals surface area contributed by atoms with Crippen LogP contribution in [0, 0.1) is 12.7 Å². The van der Waals surface area contributed by atoms with E-state index in [1.807, 2.05) is 13.8 Å². The summed E-state index contributed by atoms with van der Waals surface area (Å²) < 4.78 is 18.9. The minimum absolute atomic E-state index is 0.0139. The third-order valence-electron chi connectivity index (χ3n) is 6.03. The van der Waals surface area contributed by atoms with Crippen molar-refractivity contribution in [2.45, 2.75) is 26.3 Å². The molecule has 1 fully saturated rings. The lowest BCUT2D eigenvalue weighted by Crippen LogP contribution is -2.31. The number of hydrogen-bond donors (Lipinski definition) is 1. The van der Waals surface area contributed by atoms with Gasteiger partial charge >= 0.3 is 0 Å². The van der Waals surface area contributed by atoms with Crippen LogP contribution in [0.4, 0.5) is 4.39 Å². The van der Waals surface area contributed by atoms with Gasteiger partial charge in [-0.05, 0) is 79.4 Å². The smallest absolute Gasteiger partial charge is 0.295 e. The lowest BCUT2D eigenvalue weighted by Gasteiger charge is -2.25. The predicted molar refractivity (Wildman–Crippen MR) is 133 cm³/mol. The van der Waals surface area contributed by atoms with Crippen LogP contribution in [0.25, 0.3) is 5.76 Å². The fourth-order valence-electron chi connectivity index (χ4n) is 4.27. The molecule has 3 aromatic rings. The summed E-state index contributed by atoms with van der Waals surface area (Å²) in [5.41, 5.74) is 2.70. The van der Waals surface area contributed by atoms with Crippen LogP contribution in [0.15, 0.2) is 72.3 Å². The maximum atomic E-state index is 13.3. The molecule has 0 radical (unpaired) electrons. The van der Waals surface area contributed by atoms with Gasteiger partial charge in [0.2, 0.25) is 0 Å². The van der Waals surface area contributed by atoms with Crippen LogP contribution in [-0.4, -0.2) is 34.8 Å². The van der Waals surface area contributed by atoms with E-state index in [1.54, 1.807) is 54.6 Å². The molecule has 1 N–H and O–H groups in total. The van der Waals surface area contributed by atoms with Crippen LogP contribution >= 0.6 is 11.6 Å². The molecule has 7 heteroatoms. The molecule has 1 saturated heterocycles. The molecular formula is C28H25ClFNO4. The topological polar surface area (TPSA) is 66.8 Å². The molecule has 5 nitrogen and oxygen atoms in total. The molecule has 1 aliphatic rings. The van der Waals surface area contributed by atoms with Crippen molar-refractivity contribution < 1.29 is 23.8 Å². The van der Waals surface area contributed by atoms with Gasteiger partial charge in [-0.15, -0.1) is 0 Å². The van der Waals surface area contributed by atoms with E-state index in [2.05, 4.69) is 0 Å². The molecule has 0 aromatic heterocycles.